The number of hydrogen-bond acceptors (Lipinski definition) is 4. The largest absolute Gasteiger partial charge is 0.366 e. The van der Waals surface area contributed by atoms with E-state index in [0.29, 0.717) is 0 Å². The van der Waals surface area contributed by atoms with E-state index in [1.54, 1.807) is 34.8 Å². The summed E-state index contributed by atoms with van der Waals surface area (Å²) < 4.78 is 15.1. The van der Waals surface area contributed by atoms with Gasteiger partial charge in [0.1, 0.15) is 0 Å². The number of methoxy groups -OCH3 is 1. The zero-order valence-corrected chi connectivity index (χ0v) is 8.33. The molecule has 4 nitrogen and oxygen atoms in total. The summed E-state index contributed by atoms with van der Waals surface area (Å²) in [6.45, 7) is 6.55. The normalized spacial score (nSPS) is 17.5. The van der Waals surface area contributed by atoms with E-state index < -0.39 is 12.1 Å². The van der Waals surface area contributed by atoms with Crippen LogP contribution in [-0.2, 0) is 14.2 Å². The van der Waals surface area contributed by atoms with Gasteiger partial charge in [0.05, 0.1) is 0 Å². The third-order valence-electron chi connectivity index (χ3n) is 1.17. The molecule has 0 radical (unpaired) electrons. The van der Waals surface area contributed by atoms with Crippen molar-refractivity contribution in [2.24, 2.45) is 0 Å². The first-order valence-corrected chi connectivity index (χ1v) is 3.93. The molecule has 0 bridgehead atoms. The molecule has 2 atom stereocenters. The third kappa shape index (κ3) is 6.54. The molecule has 0 aliphatic heterocycles. The molecule has 0 fully saturated rings. The lowest BCUT2D eigenvalue weighted by Crippen LogP contribution is -2.32. The van der Waals surface area contributed by atoms with Gasteiger partial charge >= 0.3 is 0 Å². The molecule has 1 N–H and O–H groups in total. The molecule has 2 unspecified atom stereocenters. The number of rotatable bonds is 5. The fraction of sp³-hybridized carbons (Fsp3) is 1.00. The highest BCUT2D eigenvalue weighted by Crippen LogP contribution is 2.10. The Hall–Kier alpha value is -0.160. The van der Waals surface area contributed by atoms with Crippen molar-refractivity contribution in [1.82, 2.24) is 0 Å². The number of ether oxygens (including phenoxy) is 3. The van der Waals surface area contributed by atoms with Crippen molar-refractivity contribution in [3.63, 3.8) is 0 Å². The quantitative estimate of drug-likeness (QED) is 0.640. The van der Waals surface area contributed by atoms with Crippen LogP contribution in [0, 0.1) is 0 Å². The standard InChI is InChI=1S/C8H18O4/c1-6(10-5)11-7(2)12-8(3,4)9/h6-7,9H,1-5H3. The van der Waals surface area contributed by atoms with Crippen LogP contribution in [0.4, 0.5) is 0 Å². The van der Waals surface area contributed by atoms with Gasteiger partial charge in [0, 0.05) is 7.11 Å². The van der Waals surface area contributed by atoms with Crippen molar-refractivity contribution in [3.8, 4) is 0 Å². The van der Waals surface area contributed by atoms with Crippen molar-refractivity contribution in [2.75, 3.05) is 7.11 Å². The highest BCUT2D eigenvalue weighted by Gasteiger charge is 2.18. The molecule has 0 aromatic carbocycles. The molecule has 0 spiro atoms. The minimum atomic E-state index is -1.17. The zero-order chi connectivity index (χ0) is 9.78. The summed E-state index contributed by atoms with van der Waals surface area (Å²) in [7, 11) is 1.54. The second-order valence-electron chi connectivity index (χ2n) is 3.07. The monoisotopic (exact) mass is 178 g/mol. The van der Waals surface area contributed by atoms with Crippen molar-refractivity contribution >= 4 is 0 Å². The first-order chi connectivity index (χ1) is 5.35. The number of aliphatic hydroxyl groups is 1. The van der Waals surface area contributed by atoms with Crippen LogP contribution in [0.1, 0.15) is 27.7 Å². The van der Waals surface area contributed by atoms with Crippen LogP contribution in [0.2, 0.25) is 0 Å². The van der Waals surface area contributed by atoms with Gasteiger partial charge in [-0.05, 0) is 27.7 Å². The van der Waals surface area contributed by atoms with Crippen LogP contribution in [-0.4, -0.2) is 30.6 Å². The molecule has 0 saturated heterocycles. The van der Waals surface area contributed by atoms with Gasteiger partial charge in [-0.2, -0.15) is 0 Å². The Morgan fingerprint density at radius 3 is 2.00 bits per heavy atom. The summed E-state index contributed by atoms with van der Waals surface area (Å²) in [6.07, 6.45) is -0.817. The summed E-state index contributed by atoms with van der Waals surface area (Å²) >= 11 is 0. The Morgan fingerprint density at radius 2 is 1.67 bits per heavy atom. The van der Waals surface area contributed by atoms with E-state index in [1.807, 2.05) is 0 Å². The molecule has 0 aromatic rings. The smallest absolute Gasteiger partial charge is 0.162 e. The van der Waals surface area contributed by atoms with E-state index >= 15 is 0 Å². The zero-order valence-electron chi connectivity index (χ0n) is 8.33. The second-order valence-corrected chi connectivity index (χ2v) is 3.07. The first kappa shape index (κ1) is 11.8. The Morgan fingerprint density at radius 1 is 1.17 bits per heavy atom. The predicted molar refractivity (Wildman–Crippen MR) is 44.4 cm³/mol. The van der Waals surface area contributed by atoms with E-state index in [4.69, 9.17) is 14.2 Å². The molecule has 74 valence electrons. The molecule has 0 aromatic heterocycles. The van der Waals surface area contributed by atoms with E-state index in [-0.39, 0.29) is 6.29 Å². The van der Waals surface area contributed by atoms with Gasteiger partial charge in [0.2, 0.25) is 0 Å². The molecule has 0 heterocycles. The van der Waals surface area contributed by atoms with Crippen LogP contribution >= 0.6 is 0 Å². The molecule has 0 rings (SSSR count). The summed E-state index contributed by atoms with van der Waals surface area (Å²) in [5, 5.41) is 9.23. The van der Waals surface area contributed by atoms with Crippen LogP contribution in [0.15, 0.2) is 0 Å². The maximum absolute atomic E-state index is 9.23. The molecular weight excluding hydrogens is 160 g/mol. The molecule has 0 saturated carbocycles. The Bertz CT molecular complexity index is 119. The Kier molecular flexibility index (Phi) is 4.70. The van der Waals surface area contributed by atoms with E-state index in [9.17, 15) is 5.11 Å². The van der Waals surface area contributed by atoms with Crippen molar-refractivity contribution in [1.29, 1.82) is 0 Å². The molecular formula is C8H18O4. The van der Waals surface area contributed by atoms with Gasteiger partial charge < -0.3 is 19.3 Å². The van der Waals surface area contributed by atoms with Crippen LogP contribution in [0.5, 0.6) is 0 Å². The third-order valence-corrected chi connectivity index (χ3v) is 1.17. The van der Waals surface area contributed by atoms with E-state index in [0.717, 1.165) is 0 Å². The first-order valence-electron chi connectivity index (χ1n) is 3.93. The maximum Gasteiger partial charge on any atom is 0.162 e. The molecule has 0 amide bonds. The average molecular weight is 178 g/mol. The van der Waals surface area contributed by atoms with Crippen molar-refractivity contribution in [2.45, 2.75) is 46.1 Å². The van der Waals surface area contributed by atoms with Gasteiger partial charge in [0.15, 0.2) is 18.4 Å². The minimum Gasteiger partial charge on any atom is -0.366 e. The lowest BCUT2D eigenvalue weighted by molar-refractivity contribution is -0.301. The minimum absolute atomic E-state index is 0.331. The van der Waals surface area contributed by atoms with Crippen molar-refractivity contribution in [3.05, 3.63) is 0 Å². The maximum atomic E-state index is 9.23. The molecule has 0 aliphatic carbocycles. The molecule has 12 heavy (non-hydrogen) atoms. The average Bonchev–Trinajstić information content (AvgIpc) is 1.82. The lowest BCUT2D eigenvalue weighted by atomic mass is 10.4. The number of hydrogen-bond donors (Lipinski definition) is 1. The lowest BCUT2D eigenvalue weighted by Gasteiger charge is -2.25. The van der Waals surface area contributed by atoms with E-state index in [2.05, 4.69) is 0 Å². The molecule has 4 heteroatoms. The molecule has 0 aliphatic rings. The van der Waals surface area contributed by atoms with Crippen LogP contribution in [0.25, 0.3) is 0 Å². The van der Waals surface area contributed by atoms with Crippen molar-refractivity contribution < 1.29 is 19.3 Å². The van der Waals surface area contributed by atoms with Gasteiger partial charge in [-0.3, -0.25) is 0 Å². The van der Waals surface area contributed by atoms with E-state index in [1.165, 1.54) is 0 Å². The highest BCUT2D eigenvalue weighted by molar-refractivity contribution is 4.49. The van der Waals surface area contributed by atoms with Crippen LogP contribution < -0.4 is 0 Å². The van der Waals surface area contributed by atoms with Gasteiger partial charge in [-0.1, -0.05) is 0 Å². The fourth-order valence-corrected chi connectivity index (χ4v) is 0.759. The highest BCUT2D eigenvalue weighted by atomic mass is 16.8. The fourth-order valence-electron chi connectivity index (χ4n) is 0.759. The van der Waals surface area contributed by atoms with Crippen LogP contribution in [0.3, 0.4) is 0 Å². The summed E-state index contributed by atoms with van der Waals surface area (Å²) in [4.78, 5) is 0. The van der Waals surface area contributed by atoms with Gasteiger partial charge in [0.25, 0.3) is 0 Å². The predicted octanol–water partition coefficient (Wildman–Crippen LogP) is 1.09. The Labute approximate surface area is 73.4 Å². The van der Waals surface area contributed by atoms with Gasteiger partial charge in [-0.25, -0.2) is 0 Å². The summed E-state index contributed by atoms with van der Waals surface area (Å²) in [6, 6.07) is 0. The topological polar surface area (TPSA) is 47.9 Å². The summed E-state index contributed by atoms with van der Waals surface area (Å²) in [5.41, 5.74) is 0. The summed E-state index contributed by atoms with van der Waals surface area (Å²) in [5.74, 6) is -1.17. The van der Waals surface area contributed by atoms with Gasteiger partial charge in [-0.15, -0.1) is 0 Å². The SMILES string of the molecule is COC(C)OC(C)OC(C)(C)O. The Balaban J connectivity index is 3.66. The second kappa shape index (κ2) is 4.77.